The number of allylic oxidation sites excluding steroid dienone is 1. The van der Waals surface area contributed by atoms with E-state index in [4.69, 9.17) is 4.74 Å². The van der Waals surface area contributed by atoms with E-state index in [-0.39, 0.29) is 5.91 Å². The molecule has 1 aliphatic rings. The lowest BCUT2D eigenvalue weighted by atomic mass is 9.97. The maximum Gasteiger partial charge on any atom is 0.246 e. The number of para-hydroxylation sites is 1. The summed E-state index contributed by atoms with van der Waals surface area (Å²) in [6.45, 7) is 4.72. The summed E-state index contributed by atoms with van der Waals surface area (Å²) >= 11 is 0. The zero-order valence-electron chi connectivity index (χ0n) is 14.5. The number of piperidine rings is 1. The fourth-order valence-corrected chi connectivity index (χ4v) is 3.22. The molecule has 23 heavy (non-hydrogen) atoms. The zero-order chi connectivity index (χ0) is 16.7. The quantitative estimate of drug-likeness (QED) is 0.820. The van der Waals surface area contributed by atoms with Crippen LogP contribution in [0.1, 0.15) is 25.3 Å². The summed E-state index contributed by atoms with van der Waals surface area (Å²) < 4.78 is 5.38. The molecular weight excluding hydrogens is 288 g/mol. The Hall–Kier alpha value is -1.81. The van der Waals surface area contributed by atoms with Gasteiger partial charge in [0.15, 0.2) is 0 Å². The Labute approximate surface area is 139 Å². The number of likely N-dealkylation sites (tertiary alicyclic amines) is 1. The van der Waals surface area contributed by atoms with Crippen molar-refractivity contribution in [2.24, 2.45) is 5.92 Å². The second-order valence-electron chi connectivity index (χ2n) is 6.33. The highest BCUT2D eigenvalue weighted by Gasteiger charge is 2.22. The van der Waals surface area contributed by atoms with Crippen LogP contribution in [0, 0.1) is 5.92 Å². The summed E-state index contributed by atoms with van der Waals surface area (Å²) in [6.07, 6.45) is 4.82. The molecular formula is C19H28N2O2. The minimum atomic E-state index is 0.137. The smallest absolute Gasteiger partial charge is 0.246 e. The minimum absolute atomic E-state index is 0.137. The van der Waals surface area contributed by atoms with Crippen molar-refractivity contribution in [1.29, 1.82) is 0 Å². The Morgan fingerprint density at radius 1 is 1.43 bits per heavy atom. The molecule has 0 spiro atoms. The van der Waals surface area contributed by atoms with E-state index in [1.54, 1.807) is 13.2 Å². The van der Waals surface area contributed by atoms with Crippen LogP contribution in [-0.4, -0.2) is 44.6 Å². The van der Waals surface area contributed by atoms with Crippen LogP contribution in [0.15, 0.2) is 35.9 Å². The first kappa shape index (κ1) is 17.5. The van der Waals surface area contributed by atoms with Crippen LogP contribution in [0.3, 0.4) is 0 Å². The molecule has 1 heterocycles. The second kappa shape index (κ2) is 8.73. The van der Waals surface area contributed by atoms with Crippen molar-refractivity contribution in [2.45, 2.75) is 26.2 Å². The molecule has 1 N–H and O–H groups in total. The van der Waals surface area contributed by atoms with Gasteiger partial charge in [-0.2, -0.15) is 0 Å². The van der Waals surface area contributed by atoms with Gasteiger partial charge in [0.05, 0.1) is 7.11 Å². The van der Waals surface area contributed by atoms with Crippen molar-refractivity contribution in [1.82, 2.24) is 10.2 Å². The van der Waals surface area contributed by atoms with E-state index < -0.39 is 0 Å². The van der Waals surface area contributed by atoms with E-state index in [1.807, 2.05) is 43.1 Å². The zero-order valence-corrected chi connectivity index (χ0v) is 14.5. The predicted octanol–water partition coefficient (Wildman–Crippen LogP) is 2.64. The molecule has 1 fully saturated rings. The molecule has 0 saturated carbocycles. The lowest BCUT2D eigenvalue weighted by Gasteiger charge is -2.32. The van der Waals surface area contributed by atoms with Gasteiger partial charge >= 0.3 is 0 Å². The topological polar surface area (TPSA) is 41.6 Å². The van der Waals surface area contributed by atoms with Gasteiger partial charge in [0, 0.05) is 19.2 Å². The molecule has 1 saturated heterocycles. The number of nitrogens with zero attached hydrogens (tertiary/aromatic N) is 1. The van der Waals surface area contributed by atoms with E-state index in [2.05, 4.69) is 5.32 Å². The number of hydrogen-bond donors (Lipinski definition) is 1. The van der Waals surface area contributed by atoms with Gasteiger partial charge in [-0.3, -0.25) is 4.79 Å². The largest absolute Gasteiger partial charge is 0.496 e. The van der Waals surface area contributed by atoms with Gasteiger partial charge in [0.2, 0.25) is 5.91 Å². The number of amides is 1. The maximum absolute atomic E-state index is 12.5. The highest BCUT2D eigenvalue weighted by molar-refractivity contribution is 5.88. The van der Waals surface area contributed by atoms with Gasteiger partial charge in [-0.25, -0.2) is 0 Å². The molecule has 0 aliphatic carbocycles. The summed E-state index contributed by atoms with van der Waals surface area (Å²) in [5, 5.41) is 3.22. The van der Waals surface area contributed by atoms with E-state index in [0.29, 0.717) is 5.92 Å². The lowest BCUT2D eigenvalue weighted by molar-refractivity contribution is -0.127. The van der Waals surface area contributed by atoms with E-state index in [0.717, 1.165) is 49.4 Å². The summed E-state index contributed by atoms with van der Waals surface area (Å²) in [5.74, 6) is 1.58. The summed E-state index contributed by atoms with van der Waals surface area (Å²) in [6, 6.07) is 7.96. The third-order valence-electron chi connectivity index (χ3n) is 4.36. The molecule has 1 unspecified atom stereocenters. The number of carbonyl (C=O) groups is 1. The number of carbonyl (C=O) groups excluding carboxylic acids is 1. The minimum Gasteiger partial charge on any atom is -0.496 e. The number of rotatable bonds is 6. The van der Waals surface area contributed by atoms with Crippen molar-refractivity contribution in [3.8, 4) is 5.75 Å². The Kier molecular flexibility index (Phi) is 6.66. The first-order chi connectivity index (χ1) is 11.1. The van der Waals surface area contributed by atoms with Crippen LogP contribution in [0.5, 0.6) is 5.75 Å². The third-order valence-corrected chi connectivity index (χ3v) is 4.36. The highest BCUT2D eigenvalue weighted by atomic mass is 16.5. The van der Waals surface area contributed by atoms with Crippen molar-refractivity contribution in [3.63, 3.8) is 0 Å². The van der Waals surface area contributed by atoms with Crippen molar-refractivity contribution in [3.05, 3.63) is 41.5 Å². The molecule has 4 nitrogen and oxygen atoms in total. The molecule has 0 radical (unpaired) electrons. The first-order valence-corrected chi connectivity index (χ1v) is 8.36. The summed E-state index contributed by atoms with van der Waals surface area (Å²) in [4.78, 5) is 14.5. The average molecular weight is 316 g/mol. The van der Waals surface area contributed by atoms with Crippen molar-refractivity contribution < 1.29 is 9.53 Å². The number of ether oxygens (including phenoxy) is 1. The van der Waals surface area contributed by atoms with E-state index >= 15 is 0 Å². The van der Waals surface area contributed by atoms with Gasteiger partial charge < -0.3 is 15.0 Å². The van der Waals surface area contributed by atoms with Gasteiger partial charge in [-0.05, 0) is 57.3 Å². The fourth-order valence-electron chi connectivity index (χ4n) is 3.22. The van der Waals surface area contributed by atoms with Gasteiger partial charge in [0.1, 0.15) is 5.75 Å². The van der Waals surface area contributed by atoms with Crippen molar-refractivity contribution >= 4 is 5.91 Å². The summed E-state index contributed by atoms with van der Waals surface area (Å²) in [5.41, 5.74) is 2.18. The SMILES string of the molecule is CNCC1CCCN(C(=O)/C=C(/C)Cc2ccccc2OC)C1. The van der Waals surface area contributed by atoms with Gasteiger partial charge in [0.25, 0.3) is 0 Å². The number of hydrogen-bond acceptors (Lipinski definition) is 3. The monoisotopic (exact) mass is 316 g/mol. The molecule has 0 bridgehead atoms. The van der Waals surface area contributed by atoms with Crippen LogP contribution in [0.2, 0.25) is 0 Å². The van der Waals surface area contributed by atoms with Crippen LogP contribution in [0.25, 0.3) is 0 Å². The van der Waals surface area contributed by atoms with Crippen molar-refractivity contribution in [2.75, 3.05) is 33.8 Å². The highest BCUT2D eigenvalue weighted by Crippen LogP contribution is 2.21. The predicted molar refractivity (Wildman–Crippen MR) is 93.7 cm³/mol. The fraction of sp³-hybridized carbons (Fsp3) is 0.526. The average Bonchev–Trinajstić information content (AvgIpc) is 2.56. The Morgan fingerprint density at radius 2 is 2.22 bits per heavy atom. The van der Waals surface area contributed by atoms with Gasteiger partial charge in [-0.1, -0.05) is 23.8 Å². The Bertz CT molecular complexity index is 552. The molecule has 0 aromatic heterocycles. The van der Waals surface area contributed by atoms with Gasteiger partial charge in [-0.15, -0.1) is 0 Å². The van der Waals surface area contributed by atoms with E-state index in [9.17, 15) is 4.79 Å². The Balaban J connectivity index is 1.98. The molecule has 4 heteroatoms. The molecule has 1 aromatic rings. The molecule has 126 valence electrons. The normalized spacial score (nSPS) is 18.8. The van der Waals surface area contributed by atoms with Crippen LogP contribution < -0.4 is 10.1 Å². The van der Waals surface area contributed by atoms with Crippen LogP contribution >= 0.6 is 0 Å². The molecule has 1 atom stereocenters. The number of methoxy groups -OCH3 is 1. The van der Waals surface area contributed by atoms with Crippen LogP contribution in [0.4, 0.5) is 0 Å². The number of nitrogens with one attached hydrogen (secondary N) is 1. The summed E-state index contributed by atoms with van der Waals surface area (Å²) in [7, 11) is 3.65. The van der Waals surface area contributed by atoms with E-state index in [1.165, 1.54) is 6.42 Å². The standard InChI is InChI=1S/C19H28N2O2/c1-15(11-17-8-4-5-9-18(17)23-3)12-19(22)21-10-6-7-16(14-21)13-20-2/h4-5,8-9,12,16,20H,6-7,10-11,13-14H2,1-3H3/b15-12-. The molecule has 2 rings (SSSR count). The molecule has 1 aromatic carbocycles. The third kappa shape index (κ3) is 5.10. The Morgan fingerprint density at radius 3 is 2.96 bits per heavy atom. The second-order valence-corrected chi connectivity index (χ2v) is 6.33. The number of benzene rings is 1. The maximum atomic E-state index is 12.5. The van der Waals surface area contributed by atoms with Crippen LogP contribution in [-0.2, 0) is 11.2 Å². The first-order valence-electron chi connectivity index (χ1n) is 8.36. The lowest BCUT2D eigenvalue weighted by Crippen LogP contribution is -2.41. The molecule has 1 amide bonds. The molecule has 1 aliphatic heterocycles.